The van der Waals surface area contributed by atoms with Gasteiger partial charge in [-0.1, -0.05) is 32.0 Å². The number of aliphatic hydroxyl groups is 1. The lowest BCUT2D eigenvalue weighted by Crippen LogP contribution is -2.60. The quantitative estimate of drug-likeness (QED) is 0.389. The third kappa shape index (κ3) is 7.83. The van der Waals surface area contributed by atoms with E-state index in [9.17, 15) is 19.5 Å². The second kappa shape index (κ2) is 13.5. The van der Waals surface area contributed by atoms with E-state index in [2.05, 4.69) is 28.2 Å². The average Bonchev–Trinajstić information content (AvgIpc) is 3.71. The summed E-state index contributed by atoms with van der Waals surface area (Å²) in [7, 11) is 1.69. The van der Waals surface area contributed by atoms with Crippen molar-refractivity contribution >= 4 is 28.8 Å². The van der Waals surface area contributed by atoms with Gasteiger partial charge in [0.25, 0.3) is 0 Å². The van der Waals surface area contributed by atoms with E-state index in [0.29, 0.717) is 19.7 Å². The molecule has 3 amide bonds. The lowest BCUT2D eigenvalue weighted by Gasteiger charge is -2.42. The zero-order valence-corrected chi connectivity index (χ0v) is 26.0. The number of carbonyl (C=O) groups is 3. The predicted molar refractivity (Wildman–Crippen MR) is 161 cm³/mol. The molecule has 3 atom stereocenters. The number of hydrogen-bond acceptors (Lipinski definition) is 6. The van der Waals surface area contributed by atoms with Crippen molar-refractivity contribution in [2.45, 2.75) is 84.7 Å². The summed E-state index contributed by atoms with van der Waals surface area (Å²) >= 11 is 0. The minimum absolute atomic E-state index is 0.00906. The highest BCUT2D eigenvalue weighted by Gasteiger charge is 2.48. The van der Waals surface area contributed by atoms with Crippen LogP contribution < -0.4 is 5.32 Å². The molecule has 2 fully saturated rings. The van der Waals surface area contributed by atoms with Crippen LogP contribution in [-0.4, -0.2) is 88.5 Å². The van der Waals surface area contributed by atoms with Crippen LogP contribution in [0.25, 0.3) is 10.9 Å². The molecule has 0 spiro atoms. The summed E-state index contributed by atoms with van der Waals surface area (Å²) in [6.07, 6.45) is 2.93. The number of para-hydroxylation sites is 1. The number of aliphatic hydroxyl groups excluding tert-OH is 1. The summed E-state index contributed by atoms with van der Waals surface area (Å²) in [5, 5.41) is 15.4. The lowest BCUT2D eigenvalue weighted by atomic mass is 9.84. The molecule has 1 aromatic carbocycles. The van der Waals surface area contributed by atoms with Crippen LogP contribution in [-0.2, 0) is 32.2 Å². The SMILES string of the molecule is COCCCn1cc(CN(C(=O)[C@H]2CN(C(=O)OC(C)(C)C)C[C@@H](C(=O)NCC(C)C)[C@H]2O)C2CC2)c2ccccc21. The van der Waals surface area contributed by atoms with Gasteiger partial charge in [-0.3, -0.25) is 9.59 Å². The van der Waals surface area contributed by atoms with Crippen molar-refractivity contribution < 1.29 is 29.0 Å². The summed E-state index contributed by atoms with van der Waals surface area (Å²) < 4.78 is 13.1. The Bertz CT molecular complexity index is 1250. The van der Waals surface area contributed by atoms with Gasteiger partial charge in [0.05, 0.1) is 17.9 Å². The molecule has 232 valence electrons. The van der Waals surface area contributed by atoms with Gasteiger partial charge in [-0.25, -0.2) is 4.79 Å². The smallest absolute Gasteiger partial charge is 0.410 e. The molecule has 4 rings (SSSR count). The minimum Gasteiger partial charge on any atom is -0.444 e. The summed E-state index contributed by atoms with van der Waals surface area (Å²) in [5.74, 6) is -2.27. The zero-order chi connectivity index (χ0) is 30.6. The number of rotatable bonds is 11. The van der Waals surface area contributed by atoms with Crippen LogP contribution in [0.1, 0.15) is 59.4 Å². The van der Waals surface area contributed by atoms with Crippen molar-refractivity contribution in [1.82, 2.24) is 19.7 Å². The third-order valence-electron chi connectivity index (χ3n) is 7.88. The summed E-state index contributed by atoms with van der Waals surface area (Å²) in [4.78, 5) is 43.9. The number of nitrogens with zero attached hydrogens (tertiary/aromatic N) is 3. The molecular weight excluding hydrogens is 536 g/mol. The Kier molecular flexibility index (Phi) is 10.2. The Morgan fingerprint density at radius 3 is 2.45 bits per heavy atom. The van der Waals surface area contributed by atoms with E-state index in [1.807, 2.05) is 30.9 Å². The molecule has 42 heavy (non-hydrogen) atoms. The Balaban J connectivity index is 1.60. The van der Waals surface area contributed by atoms with Crippen molar-refractivity contribution in [3.63, 3.8) is 0 Å². The number of piperidine rings is 1. The molecule has 1 aliphatic carbocycles. The number of amides is 3. The molecule has 10 heteroatoms. The van der Waals surface area contributed by atoms with Gasteiger partial charge in [0.2, 0.25) is 11.8 Å². The van der Waals surface area contributed by atoms with Crippen molar-refractivity contribution in [2.75, 3.05) is 33.4 Å². The Morgan fingerprint density at radius 2 is 1.81 bits per heavy atom. The van der Waals surface area contributed by atoms with Gasteiger partial charge >= 0.3 is 6.09 Å². The van der Waals surface area contributed by atoms with Gasteiger partial charge in [0.15, 0.2) is 0 Å². The molecule has 1 saturated carbocycles. The molecule has 1 saturated heterocycles. The average molecular weight is 585 g/mol. The summed E-state index contributed by atoms with van der Waals surface area (Å²) in [6, 6.07) is 8.22. The molecule has 2 heterocycles. The number of fused-ring (bicyclic) bond motifs is 1. The molecule has 0 bridgehead atoms. The first-order chi connectivity index (χ1) is 19.9. The molecule has 2 aromatic rings. The second-order valence-corrected chi connectivity index (χ2v) is 13.1. The van der Waals surface area contributed by atoms with E-state index in [4.69, 9.17) is 9.47 Å². The summed E-state index contributed by atoms with van der Waals surface area (Å²) in [6.45, 7) is 11.6. The second-order valence-electron chi connectivity index (χ2n) is 13.1. The van der Waals surface area contributed by atoms with E-state index >= 15 is 0 Å². The molecule has 2 aliphatic rings. The monoisotopic (exact) mass is 584 g/mol. The van der Waals surface area contributed by atoms with Gasteiger partial charge in [0, 0.05) is 69.6 Å². The number of nitrogens with one attached hydrogen (secondary N) is 1. The van der Waals surface area contributed by atoms with Crippen LogP contribution in [0.3, 0.4) is 0 Å². The largest absolute Gasteiger partial charge is 0.444 e. The standard InChI is InChI=1S/C32H48N4O6/c1-21(2)16-33-29(38)25-19-35(31(40)42-32(3,4)5)20-26(28(25)37)30(39)36(23-12-13-23)18-22-17-34(14-9-15-41-6)27-11-8-7-10-24(22)27/h7-8,10-11,17,21,23,25-26,28,37H,9,12-16,18-20H2,1-6H3,(H,33,38)/t25-,26+,28-/m1/s1. The van der Waals surface area contributed by atoms with Crippen LogP contribution >= 0.6 is 0 Å². The van der Waals surface area contributed by atoms with Crippen LogP contribution in [0.5, 0.6) is 0 Å². The van der Waals surface area contributed by atoms with Crippen LogP contribution in [0.15, 0.2) is 30.5 Å². The number of benzene rings is 1. The van der Waals surface area contributed by atoms with Gasteiger partial charge in [-0.05, 0) is 57.6 Å². The molecule has 0 unspecified atom stereocenters. The number of likely N-dealkylation sites (tertiary alicyclic amines) is 1. The van der Waals surface area contributed by atoms with Gasteiger partial charge in [-0.15, -0.1) is 0 Å². The highest BCUT2D eigenvalue weighted by atomic mass is 16.6. The fourth-order valence-corrected chi connectivity index (χ4v) is 5.60. The molecule has 0 radical (unpaired) electrons. The van der Waals surface area contributed by atoms with Crippen LogP contribution in [0.4, 0.5) is 4.79 Å². The van der Waals surface area contributed by atoms with Crippen LogP contribution in [0.2, 0.25) is 0 Å². The summed E-state index contributed by atoms with van der Waals surface area (Å²) in [5.41, 5.74) is 1.39. The number of methoxy groups -OCH3 is 1. The maximum atomic E-state index is 14.3. The van der Waals surface area contributed by atoms with Gasteiger partial charge < -0.3 is 34.3 Å². The Morgan fingerprint density at radius 1 is 1.12 bits per heavy atom. The van der Waals surface area contributed by atoms with Crippen molar-refractivity contribution in [2.24, 2.45) is 17.8 Å². The number of carbonyl (C=O) groups excluding carboxylic acids is 3. The Hall–Kier alpha value is -3.11. The Labute approximate surface area is 249 Å². The van der Waals surface area contributed by atoms with E-state index in [-0.39, 0.29) is 36.9 Å². The number of aryl methyl sites for hydroxylation is 1. The molecular formula is C32H48N4O6. The normalized spacial score (nSPS) is 21.0. The topological polar surface area (TPSA) is 113 Å². The molecule has 1 aliphatic heterocycles. The van der Waals surface area contributed by atoms with Crippen molar-refractivity contribution in [3.05, 3.63) is 36.0 Å². The van der Waals surface area contributed by atoms with E-state index in [1.165, 1.54) is 4.90 Å². The first-order valence-corrected chi connectivity index (χ1v) is 15.2. The van der Waals surface area contributed by atoms with Crippen molar-refractivity contribution in [3.8, 4) is 0 Å². The number of aromatic nitrogens is 1. The predicted octanol–water partition coefficient (Wildman–Crippen LogP) is 3.79. The molecule has 1 aromatic heterocycles. The van der Waals surface area contributed by atoms with E-state index < -0.39 is 29.6 Å². The number of hydrogen-bond donors (Lipinski definition) is 2. The maximum absolute atomic E-state index is 14.3. The minimum atomic E-state index is -1.22. The lowest BCUT2D eigenvalue weighted by molar-refractivity contribution is -0.150. The fraction of sp³-hybridized carbons (Fsp3) is 0.656. The highest BCUT2D eigenvalue weighted by Crippen LogP contribution is 2.35. The van der Waals surface area contributed by atoms with E-state index in [0.717, 1.165) is 42.3 Å². The zero-order valence-electron chi connectivity index (χ0n) is 26.0. The van der Waals surface area contributed by atoms with E-state index in [1.54, 1.807) is 27.9 Å². The highest BCUT2D eigenvalue weighted by molar-refractivity contribution is 5.87. The van der Waals surface area contributed by atoms with Gasteiger partial charge in [-0.2, -0.15) is 0 Å². The van der Waals surface area contributed by atoms with Crippen LogP contribution in [0, 0.1) is 17.8 Å². The fourth-order valence-electron chi connectivity index (χ4n) is 5.60. The maximum Gasteiger partial charge on any atom is 0.410 e. The molecule has 10 nitrogen and oxygen atoms in total. The first kappa shape index (κ1) is 31.8. The third-order valence-corrected chi connectivity index (χ3v) is 7.88. The first-order valence-electron chi connectivity index (χ1n) is 15.2. The van der Waals surface area contributed by atoms with Crippen molar-refractivity contribution in [1.29, 1.82) is 0 Å². The van der Waals surface area contributed by atoms with Gasteiger partial charge in [0.1, 0.15) is 5.60 Å². The number of ether oxygens (including phenoxy) is 2. The molecule has 2 N–H and O–H groups in total.